The van der Waals surface area contributed by atoms with Crippen LogP contribution in [0.1, 0.15) is 44.2 Å². The third kappa shape index (κ3) is 7.51. The van der Waals surface area contributed by atoms with E-state index in [1.54, 1.807) is 0 Å². The van der Waals surface area contributed by atoms with Gasteiger partial charge >= 0.3 is 0 Å². The number of amides is 1. The van der Waals surface area contributed by atoms with Crippen molar-refractivity contribution < 1.29 is 9.53 Å². The molecule has 2 heterocycles. The maximum Gasteiger partial charge on any atom is 0.222 e. The highest BCUT2D eigenvalue weighted by molar-refractivity contribution is 5.79. The van der Waals surface area contributed by atoms with Gasteiger partial charge in [-0.2, -0.15) is 0 Å². The summed E-state index contributed by atoms with van der Waals surface area (Å²) in [5, 5.41) is 6.97. The molecule has 2 N–H and O–H groups in total. The summed E-state index contributed by atoms with van der Waals surface area (Å²) in [7, 11) is 1.82. The molecule has 1 atom stereocenters. The maximum absolute atomic E-state index is 11.9. The van der Waals surface area contributed by atoms with Gasteiger partial charge in [-0.25, -0.2) is 0 Å². The summed E-state index contributed by atoms with van der Waals surface area (Å²) in [6.07, 6.45) is 2.82. The molecule has 3 rings (SSSR count). The molecule has 1 aromatic rings. The summed E-state index contributed by atoms with van der Waals surface area (Å²) in [4.78, 5) is 20.8. The van der Waals surface area contributed by atoms with Crippen LogP contribution in [0.3, 0.4) is 0 Å². The fraction of sp³-hybridized carbons (Fsp3) is 0.667. The van der Waals surface area contributed by atoms with Gasteiger partial charge in [-0.15, -0.1) is 0 Å². The first kappa shape index (κ1) is 23.5. The minimum atomic E-state index is 0.268. The zero-order valence-electron chi connectivity index (χ0n) is 19.4. The van der Waals surface area contributed by atoms with E-state index in [1.807, 2.05) is 11.9 Å². The van der Waals surface area contributed by atoms with E-state index < -0.39 is 0 Å². The van der Waals surface area contributed by atoms with Gasteiger partial charge in [0.1, 0.15) is 0 Å². The Hall–Kier alpha value is -2.12. The molecule has 0 saturated carbocycles. The average Bonchev–Trinajstić information content (AvgIpc) is 3.18. The molecule has 172 valence electrons. The number of guanidine groups is 1. The number of carbonyl (C=O) groups excluding carboxylic acids is 1. The monoisotopic (exact) mass is 429 g/mol. The largest absolute Gasteiger partial charge is 0.379 e. The highest BCUT2D eigenvalue weighted by Gasteiger charge is 2.22. The third-order valence-electron chi connectivity index (χ3n) is 6.03. The van der Waals surface area contributed by atoms with Crippen LogP contribution in [0.2, 0.25) is 0 Å². The SMILES string of the molecule is CN=C(NCc1cccc(CN2CCCC2=O)c1)NCC(CC(C)C)N1CCOCC1. The Morgan fingerprint density at radius 1 is 1.16 bits per heavy atom. The predicted molar refractivity (Wildman–Crippen MR) is 125 cm³/mol. The second kappa shape index (κ2) is 12.1. The van der Waals surface area contributed by atoms with Crippen LogP contribution >= 0.6 is 0 Å². The summed E-state index contributed by atoms with van der Waals surface area (Å²) < 4.78 is 5.53. The van der Waals surface area contributed by atoms with Crippen LogP contribution in [0.15, 0.2) is 29.3 Å². The van der Waals surface area contributed by atoms with E-state index in [0.29, 0.717) is 31.5 Å². The molecular weight excluding hydrogens is 390 g/mol. The standard InChI is InChI=1S/C24H39N5O2/c1-19(2)14-22(28-10-12-31-13-11-28)17-27-24(25-3)26-16-20-6-4-7-21(15-20)18-29-9-5-8-23(29)30/h4,6-7,15,19,22H,5,8-14,16-18H2,1-3H3,(H2,25,26,27). The zero-order chi connectivity index (χ0) is 22.1. The number of likely N-dealkylation sites (tertiary alicyclic amines) is 1. The third-order valence-corrected chi connectivity index (χ3v) is 6.03. The summed E-state index contributed by atoms with van der Waals surface area (Å²) in [5.41, 5.74) is 2.38. The quantitative estimate of drug-likeness (QED) is 0.465. The normalized spacial score (nSPS) is 19.2. The number of rotatable bonds is 9. The van der Waals surface area contributed by atoms with Crippen molar-refractivity contribution in [2.24, 2.45) is 10.9 Å². The van der Waals surface area contributed by atoms with Crippen LogP contribution < -0.4 is 10.6 Å². The lowest BCUT2D eigenvalue weighted by molar-refractivity contribution is -0.128. The molecule has 0 aromatic heterocycles. The lowest BCUT2D eigenvalue weighted by atomic mass is 10.0. The van der Waals surface area contributed by atoms with Crippen molar-refractivity contribution in [1.82, 2.24) is 20.4 Å². The maximum atomic E-state index is 11.9. The fourth-order valence-electron chi connectivity index (χ4n) is 4.40. The summed E-state index contributed by atoms with van der Waals surface area (Å²) in [6, 6.07) is 8.94. The van der Waals surface area contributed by atoms with Crippen molar-refractivity contribution in [1.29, 1.82) is 0 Å². The molecule has 2 aliphatic rings. The molecule has 2 aliphatic heterocycles. The van der Waals surface area contributed by atoms with E-state index in [2.05, 4.69) is 58.6 Å². The first-order valence-corrected chi connectivity index (χ1v) is 11.7. The van der Waals surface area contributed by atoms with Crippen LogP contribution in [0.5, 0.6) is 0 Å². The van der Waals surface area contributed by atoms with E-state index >= 15 is 0 Å². The number of nitrogens with one attached hydrogen (secondary N) is 2. The van der Waals surface area contributed by atoms with Gasteiger partial charge in [0.15, 0.2) is 5.96 Å². The Balaban J connectivity index is 1.50. The van der Waals surface area contributed by atoms with Gasteiger partial charge in [0, 0.05) is 58.8 Å². The van der Waals surface area contributed by atoms with Crippen molar-refractivity contribution in [3.8, 4) is 0 Å². The van der Waals surface area contributed by atoms with Crippen LogP contribution in [-0.2, 0) is 22.6 Å². The number of benzene rings is 1. The Bertz CT molecular complexity index is 730. The van der Waals surface area contributed by atoms with E-state index in [4.69, 9.17) is 4.74 Å². The molecule has 2 saturated heterocycles. The molecule has 7 heteroatoms. The van der Waals surface area contributed by atoms with Gasteiger partial charge in [0.2, 0.25) is 5.91 Å². The van der Waals surface area contributed by atoms with E-state index in [-0.39, 0.29) is 5.91 Å². The molecule has 0 radical (unpaired) electrons. The highest BCUT2D eigenvalue weighted by Crippen LogP contribution is 2.15. The summed E-state index contributed by atoms with van der Waals surface area (Å²) >= 11 is 0. The van der Waals surface area contributed by atoms with E-state index in [9.17, 15) is 4.79 Å². The number of ether oxygens (including phenoxy) is 1. The number of hydrogen-bond acceptors (Lipinski definition) is 4. The number of morpholine rings is 1. The molecule has 31 heavy (non-hydrogen) atoms. The molecule has 0 aliphatic carbocycles. The Labute approximate surface area is 187 Å². The van der Waals surface area contributed by atoms with Crippen LogP contribution in [0, 0.1) is 5.92 Å². The Morgan fingerprint density at radius 3 is 2.61 bits per heavy atom. The summed E-state index contributed by atoms with van der Waals surface area (Å²) in [5.74, 6) is 1.74. The minimum Gasteiger partial charge on any atom is -0.379 e. The lowest BCUT2D eigenvalue weighted by Gasteiger charge is -2.35. The van der Waals surface area contributed by atoms with E-state index in [1.165, 1.54) is 11.1 Å². The van der Waals surface area contributed by atoms with Gasteiger partial charge in [0.25, 0.3) is 0 Å². The average molecular weight is 430 g/mol. The van der Waals surface area contributed by atoms with Gasteiger partial charge in [-0.1, -0.05) is 38.1 Å². The summed E-state index contributed by atoms with van der Waals surface area (Å²) in [6.45, 7) is 11.3. The van der Waals surface area contributed by atoms with Crippen molar-refractivity contribution in [2.45, 2.75) is 52.2 Å². The highest BCUT2D eigenvalue weighted by atomic mass is 16.5. The molecule has 1 amide bonds. The molecule has 2 fully saturated rings. The molecule has 1 aromatic carbocycles. The fourth-order valence-corrected chi connectivity index (χ4v) is 4.40. The van der Waals surface area contributed by atoms with Crippen molar-refractivity contribution in [3.63, 3.8) is 0 Å². The molecule has 7 nitrogen and oxygen atoms in total. The van der Waals surface area contributed by atoms with E-state index in [0.717, 1.165) is 58.2 Å². The number of aliphatic imine (C=N–C) groups is 1. The smallest absolute Gasteiger partial charge is 0.222 e. The molecule has 0 spiro atoms. The van der Waals surface area contributed by atoms with Gasteiger partial charge in [-0.3, -0.25) is 14.7 Å². The molecular formula is C24H39N5O2. The first-order chi connectivity index (χ1) is 15.0. The Morgan fingerprint density at radius 2 is 1.94 bits per heavy atom. The molecule has 1 unspecified atom stereocenters. The second-order valence-corrected chi connectivity index (χ2v) is 8.98. The Kier molecular flexibility index (Phi) is 9.15. The van der Waals surface area contributed by atoms with Crippen molar-refractivity contribution >= 4 is 11.9 Å². The first-order valence-electron chi connectivity index (χ1n) is 11.7. The van der Waals surface area contributed by atoms with Crippen LogP contribution in [0.25, 0.3) is 0 Å². The number of carbonyl (C=O) groups is 1. The molecule has 0 bridgehead atoms. The van der Waals surface area contributed by atoms with Crippen molar-refractivity contribution in [2.75, 3.05) is 46.4 Å². The zero-order valence-corrected chi connectivity index (χ0v) is 19.4. The van der Waals surface area contributed by atoms with Gasteiger partial charge in [-0.05, 0) is 29.9 Å². The van der Waals surface area contributed by atoms with Crippen LogP contribution in [0.4, 0.5) is 0 Å². The van der Waals surface area contributed by atoms with Crippen molar-refractivity contribution in [3.05, 3.63) is 35.4 Å². The second-order valence-electron chi connectivity index (χ2n) is 8.98. The predicted octanol–water partition coefficient (Wildman–Crippen LogP) is 2.22. The van der Waals surface area contributed by atoms with Crippen LogP contribution in [-0.4, -0.2) is 74.1 Å². The number of hydrogen-bond donors (Lipinski definition) is 2. The topological polar surface area (TPSA) is 69.2 Å². The lowest BCUT2D eigenvalue weighted by Crippen LogP contribution is -2.50. The van der Waals surface area contributed by atoms with Gasteiger partial charge < -0.3 is 20.3 Å². The van der Waals surface area contributed by atoms with Gasteiger partial charge in [0.05, 0.1) is 13.2 Å². The minimum absolute atomic E-state index is 0.268. The number of nitrogens with zero attached hydrogens (tertiary/aromatic N) is 3.